The molecule has 2 nitrogen and oxygen atoms in total. The van der Waals surface area contributed by atoms with Crippen LogP contribution in [0, 0.1) is 19.8 Å². The van der Waals surface area contributed by atoms with Crippen LogP contribution in [0.2, 0.25) is 0 Å². The van der Waals surface area contributed by atoms with E-state index in [1.54, 1.807) is 0 Å². The third-order valence-electron chi connectivity index (χ3n) is 3.40. The van der Waals surface area contributed by atoms with Crippen LogP contribution in [0.5, 0.6) is 0 Å². The minimum atomic E-state index is 0.609. The zero-order valence-corrected chi connectivity index (χ0v) is 12.8. The standard InChI is InChI=1S/C16H22N2S/c1-12-13(2)19-16(18-12)10-15(11-17-3)9-14-7-5-4-6-8-14/h4-8,15,17H,9-11H2,1-3H3. The van der Waals surface area contributed by atoms with Crippen molar-refractivity contribution in [1.29, 1.82) is 0 Å². The van der Waals surface area contributed by atoms with E-state index >= 15 is 0 Å². The summed E-state index contributed by atoms with van der Waals surface area (Å²) < 4.78 is 0. The molecular weight excluding hydrogens is 252 g/mol. The van der Waals surface area contributed by atoms with Crippen LogP contribution in [0.15, 0.2) is 30.3 Å². The Bertz CT molecular complexity index is 485. The van der Waals surface area contributed by atoms with E-state index in [9.17, 15) is 0 Å². The van der Waals surface area contributed by atoms with Crippen molar-refractivity contribution >= 4 is 11.3 Å². The lowest BCUT2D eigenvalue weighted by molar-refractivity contribution is 0.492. The van der Waals surface area contributed by atoms with Crippen molar-refractivity contribution in [3.63, 3.8) is 0 Å². The summed E-state index contributed by atoms with van der Waals surface area (Å²) in [5, 5.41) is 4.58. The molecule has 2 aromatic rings. The molecular formula is C16H22N2S. The van der Waals surface area contributed by atoms with Gasteiger partial charge in [-0.2, -0.15) is 0 Å². The maximum Gasteiger partial charge on any atom is 0.0934 e. The van der Waals surface area contributed by atoms with Gasteiger partial charge in [0.15, 0.2) is 0 Å². The molecule has 0 radical (unpaired) electrons. The Kier molecular flexibility index (Phi) is 5.11. The van der Waals surface area contributed by atoms with Gasteiger partial charge in [-0.3, -0.25) is 0 Å². The zero-order valence-electron chi connectivity index (χ0n) is 11.9. The fraction of sp³-hybridized carbons (Fsp3) is 0.438. The van der Waals surface area contributed by atoms with Crippen LogP contribution in [-0.2, 0) is 12.8 Å². The normalized spacial score (nSPS) is 12.6. The van der Waals surface area contributed by atoms with Crippen molar-refractivity contribution in [3.8, 4) is 0 Å². The van der Waals surface area contributed by atoms with Crippen LogP contribution in [0.1, 0.15) is 21.1 Å². The Balaban J connectivity index is 2.03. The molecule has 1 aromatic heterocycles. The van der Waals surface area contributed by atoms with E-state index in [1.165, 1.54) is 21.1 Å². The fourth-order valence-electron chi connectivity index (χ4n) is 2.33. The van der Waals surface area contributed by atoms with Gasteiger partial charge >= 0.3 is 0 Å². The van der Waals surface area contributed by atoms with Crippen LogP contribution in [0.3, 0.4) is 0 Å². The molecule has 0 spiro atoms. The summed E-state index contributed by atoms with van der Waals surface area (Å²) in [5.74, 6) is 0.609. The van der Waals surface area contributed by atoms with Crippen LogP contribution in [-0.4, -0.2) is 18.6 Å². The molecule has 0 fully saturated rings. The summed E-state index contributed by atoms with van der Waals surface area (Å²) in [5.41, 5.74) is 2.59. The van der Waals surface area contributed by atoms with Gasteiger partial charge in [-0.1, -0.05) is 30.3 Å². The van der Waals surface area contributed by atoms with E-state index < -0.39 is 0 Å². The minimum Gasteiger partial charge on any atom is -0.319 e. The monoisotopic (exact) mass is 274 g/mol. The van der Waals surface area contributed by atoms with Gasteiger partial charge in [0, 0.05) is 11.3 Å². The first-order valence-electron chi connectivity index (χ1n) is 6.80. The molecule has 1 atom stereocenters. The third kappa shape index (κ3) is 4.15. The fourth-order valence-corrected chi connectivity index (χ4v) is 3.37. The summed E-state index contributed by atoms with van der Waals surface area (Å²) in [6.45, 7) is 5.28. The van der Waals surface area contributed by atoms with Crippen LogP contribution < -0.4 is 5.32 Å². The zero-order chi connectivity index (χ0) is 13.7. The van der Waals surface area contributed by atoms with E-state index in [4.69, 9.17) is 0 Å². The maximum atomic E-state index is 4.66. The first-order valence-corrected chi connectivity index (χ1v) is 7.62. The Morgan fingerprint density at radius 1 is 1.16 bits per heavy atom. The van der Waals surface area contributed by atoms with Gasteiger partial charge in [0.25, 0.3) is 0 Å². The predicted octanol–water partition coefficient (Wildman–Crippen LogP) is 3.38. The van der Waals surface area contributed by atoms with Gasteiger partial charge in [-0.05, 0) is 45.3 Å². The van der Waals surface area contributed by atoms with Crippen LogP contribution in [0.25, 0.3) is 0 Å². The topological polar surface area (TPSA) is 24.9 Å². The lowest BCUT2D eigenvalue weighted by Gasteiger charge is -2.15. The molecule has 1 N–H and O–H groups in total. The second kappa shape index (κ2) is 6.83. The highest BCUT2D eigenvalue weighted by Gasteiger charge is 2.13. The van der Waals surface area contributed by atoms with Crippen molar-refractivity contribution in [2.45, 2.75) is 26.7 Å². The second-order valence-electron chi connectivity index (χ2n) is 5.07. The Morgan fingerprint density at radius 3 is 2.47 bits per heavy atom. The molecule has 1 aromatic carbocycles. The second-order valence-corrected chi connectivity index (χ2v) is 6.35. The molecule has 3 heteroatoms. The highest BCUT2D eigenvalue weighted by atomic mass is 32.1. The molecule has 0 bridgehead atoms. The van der Waals surface area contributed by atoms with E-state index in [0.29, 0.717) is 5.92 Å². The average molecular weight is 274 g/mol. The minimum absolute atomic E-state index is 0.609. The molecule has 2 rings (SSSR count). The van der Waals surface area contributed by atoms with Crippen molar-refractivity contribution in [3.05, 3.63) is 51.5 Å². The number of rotatable bonds is 6. The Morgan fingerprint density at radius 2 is 1.89 bits per heavy atom. The van der Waals surface area contributed by atoms with E-state index in [0.717, 1.165) is 19.4 Å². The molecule has 0 amide bonds. The molecule has 0 saturated carbocycles. The number of benzene rings is 1. The molecule has 19 heavy (non-hydrogen) atoms. The summed E-state index contributed by atoms with van der Waals surface area (Å²) in [7, 11) is 2.02. The molecule has 1 heterocycles. The first kappa shape index (κ1) is 14.2. The number of hydrogen-bond donors (Lipinski definition) is 1. The van der Waals surface area contributed by atoms with Crippen LogP contribution >= 0.6 is 11.3 Å². The van der Waals surface area contributed by atoms with Crippen molar-refractivity contribution in [2.75, 3.05) is 13.6 Å². The highest BCUT2D eigenvalue weighted by Crippen LogP contribution is 2.21. The predicted molar refractivity (Wildman–Crippen MR) is 82.9 cm³/mol. The van der Waals surface area contributed by atoms with Gasteiger partial charge in [0.05, 0.1) is 10.7 Å². The number of aryl methyl sites for hydroxylation is 2. The number of nitrogens with one attached hydrogen (secondary N) is 1. The smallest absolute Gasteiger partial charge is 0.0934 e. The molecule has 0 aliphatic carbocycles. The van der Waals surface area contributed by atoms with E-state index in [-0.39, 0.29) is 0 Å². The van der Waals surface area contributed by atoms with E-state index in [2.05, 4.69) is 54.5 Å². The highest BCUT2D eigenvalue weighted by molar-refractivity contribution is 7.11. The van der Waals surface area contributed by atoms with Gasteiger partial charge in [0.2, 0.25) is 0 Å². The quantitative estimate of drug-likeness (QED) is 0.873. The Labute approximate surface area is 119 Å². The lowest BCUT2D eigenvalue weighted by atomic mass is 9.96. The van der Waals surface area contributed by atoms with Crippen molar-refractivity contribution in [2.24, 2.45) is 5.92 Å². The lowest BCUT2D eigenvalue weighted by Crippen LogP contribution is -2.22. The number of aromatic nitrogens is 1. The molecule has 0 saturated heterocycles. The number of thiazole rings is 1. The van der Waals surface area contributed by atoms with Gasteiger partial charge < -0.3 is 5.32 Å². The Hall–Kier alpha value is -1.19. The van der Waals surface area contributed by atoms with Gasteiger partial charge in [-0.15, -0.1) is 11.3 Å². The molecule has 1 unspecified atom stereocenters. The maximum absolute atomic E-state index is 4.66. The van der Waals surface area contributed by atoms with Gasteiger partial charge in [0.1, 0.15) is 0 Å². The summed E-state index contributed by atoms with van der Waals surface area (Å²) >= 11 is 1.84. The van der Waals surface area contributed by atoms with Crippen molar-refractivity contribution in [1.82, 2.24) is 10.3 Å². The largest absolute Gasteiger partial charge is 0.319 e. The summed E-state index contributed by atoms with van der Waals surface area (Å²) in [6, 6.07) is 10.7. The summed E-state index contributed by atoms with van der Waals surface area (Å²) in [4.78, 5) is 6.01. The number of nitrogens with zero attached hydrogens (tertiary/aromatic N) is 1. The summed E-state index contributed by atoms with van der Waals surface area (Å²) in [6.07, 6.45) is 2.18. The first-order chi connectivity index (χ1) is 9.19. The third-order valence-corrected chi connectivity index (χ3v) is 4.49. The molecule has 0 aliphatic rings. The molecule has 0 aliphatic heterocycles. The average Bonchev–Trinajstić information content (AvgIpc) is 2.70. The number of hydrogen-bond acceptors (Lipinski definition) is 3. The van der Waals surface area contributed by atoms with Crippen molar-refractivity contribution < 1.29 is 0 Å². The van der Waals surface area contributed by atoms with Gasteiger partial charge in [-0.25, -0.2) is 4.98 Å². The van der Waals surface area contributed by atoms with Crippen LogP contribution in [0.4, 0.5) is 0 Å². The van der Waals surface area contributed by atoms with E-state index in [1.807, 2.05) is 18.4 Å². The molecule has 102 valence electrons. The SMILES string of the molecule is CNCC(Cc1ccccc1)Cc1nc(C)c(C)s1.